The summed E-state index contributed by atoms with van der Waals surface area (Å²) < 4.78 is 32.0. The summed E-state index contributed by atoms with van der Waals surface area (Å²) in [5, 5.41) is 11.2. The maximum Gasteiger partial charge on any atom is 0.315 e. The summed E-state index contributed by atoms with van der Waals surface area (Å²) in [7, 11) is -3.58. The molecule has 4 aliphatic rings. The molecule has 2 saturated carbocycles. The fraction of sp³-hybridized carbons (Fsp3) is 0.811. The Morgan fingerprint density at radius 2 is 1.61 bits per heavy atom. The number of carbonyl (C=O) groups excluding carboxylic acids is 5. The third-order valence-corrected chi connectivity index (χ3v) is 13.7. The molecule has 4 N–H and O–H groups in total. The summed E-state index contributed by atoms with van der Waals surface area (Å²) in [6.07, 6.45) is 7.11. The fourth-order valence-corrected chi connectivity index (χ4v) is 9.28. The minimum Gasteiger partial charge on any atom is -0.370 e. The molecule has 0 bridgehead atoms. The minimum absolute atomic E-state index is 0.107. The van der Waals surface area contributed by atoms with Crippen LogP contribution < -0.4 is 21.3 Å². The Kier molecular flexibility index (Phi) is 12.1. The first-order valence-corrected chi connectivity index (χ1v) is 20.2. The van der Waals surface area contributed by atoms with Gasteiger partial charge < -0.3 is 30.9 Å². The number of Topliss-reactive ketones (excluding diaryl/α,β-unsaturated/α-hetero) is 1. The van der Waals surface area contributed by atoms with E-state index in [9.17, 15) is 32.4 Å². The lowest BCUT2D eigenvalue weighted by molar-refractivity contribution is -0.145. The highest BCUT2D eigenvalue weighted by Crippen LogP contribution is 2.44. The van der Waals surface area contributed by atoms with Crippen molar-refractivity contribution < 1.29 is 37.1 Å². The number of urea groups is 1. The maximum absolute atomic E-state index is 14.6. The van der Waals surface area contributed by atoms with E-state index < -0.39 is 84.9 Å². The molecule has 51 heavy (non-hydrogen) atoms. The Labute approximate surface area is 304 Å². The van der Waals surface area contributed by atoms with Crippen LogP contribution in [-0.4, -0.2) is 102 Å². The Morgan fingerprint density at radius 1 is 0.980 bits per heavy atom. The van der Waals surface area contributed by atoms with Crippen molar-refractivity contribution in [2.24, 2.45) is 17.3 Å². The number of nitrogens with one attached hydrogen (secondary N) is 4. The minimum atomic E-state index is -3.58. The van der Waals surface area contributed by atoms with Crippen LogP contribution in [0.4, 0.5) is 4.79 Å². The lowest BCUT2D eigenvalue weighted by Crippen LogP contribution is -2.64. The molecule has 2 heterocycles. The number of nitrogens with zero attached hydrogens (tertiary/aromatic N) is 1. The number of likely N-dealkylation sites (tertiary alicyclic amines) is 1. The van der Waals surface area contributed by atoms with Crippen LogP contribution in [-0.2, 0) is 33.8 Å². The van der Waals surface area contributed by atoms with Crippen molar-refractivity contribution in [3.8, 4) is 0 Å². The van der Waals surface area contributed by atoms with E-state index in [1.165, 1.54) is 11.0 Å². The van der Waals surface area contributed by atoms with Crippen molar-refractivity contribution in [3.05, 3.63) is 12.7 Å². The van der Waals surface area contributed by atoms with E-state index in [0.29, 0.717) is 25.7 Å². The molecule has 5 amide bonds. The molecule has 0 aromatic rings. The number of hydrogen-bond donors (Lipinski definition) is 4. The van der Waals surface area contributed by atoms with Crippen LogP contribution in [0.1, 0.15) is 113 Å². The molecule has 13 nitrogen and oxygen atoms in total. The van der Waals surface area contributed by atoms with E-state index in [-0.39, 0.29) is 30.7 Å². The first-order valence-electron chi connectivity index (χ1n) is 18.5. The summed E-state index contributed by atoms with van der Waals surface area (Å²) in [4.78, 5) is 70.0. The molecule has 5 atom stereocenters. The zero-order chi connectivity index (χ0) is 38.2. The highest BCUT2D eigenvalue weighted by atomic mass is 32.2. The quantitative estimate of drug-likeness (QED) is 0.165. The predicted molar refractivity (Wildman–Crippen MR) is 194 cm³/mol. The van der Waals surface area contributed by atoms with Gasteiger partial charge in [-0.05, 0) is 71.6 Å². The third kappa shape index (κ3) is 9.91. The predicted octanol–water partition coefficient (Wildman–Crippen LogP) is 3.17. The number of amides is 5. The Balaban J connectivity index is 1.59. The lowest BCUT2D eigenvalue weighted by atomic mass is 9.83. The van der Waals surface area contributed by atoms with Crippen LogP contribution in [0.15, 0.2) is 12.7 Å². The molecular formula is C37H61N5O8S. The topological polar surface area (TPSA) is 180 Å². The second-order valence-corrected chi connectivity index (χ2v) is 20.7. The van der Waals surface area contributed by atoms with Crippen molar-refractivity contribution in [2.75, 3.05) is 18.8 Å². The van der Waals surface area contributed by atoms with Gasteiger partial charge >= 0.3 is 6.03 Å². The normalized spacial score (nSPS) is 25.6. The van der Waals surface area contributed by atoms with Crippen molar-refractivity contribution in [1.82, 2.24) is 26.2 Å². The smallest absolute Gasteiger partial charge is 0.315 e. The summed E-state index contributed by atoms with van der Waals surface area (Å²) in [6, 6.07) is -3.80. The number of ether oxygens (including phenoxy) is 1. The highest BCUT2D eigenvalue weighted by Gasteiger charge is 2.57. The summed E-state index contributed by atoms with van der Waals surface area (Å²) in [5.41, 5.74) is -2.33. The summed E-state index contributed by atoms with van der Waals surface area (Å²) in [6.45, 7) is 18.0. The largest absolute Gasteiger partial charge is 0.370 e. The van der Waals surface area contributed by atoms with Gasteiger partial charge in [0.25, 0.3) is 5.91 Å². The number of ketones is 1. The second-order valence-electron chi connectivity index (χ2n) is 17.9. The molecule has 4 rings (SSSR count). The van der Waals surface area contributed by atoms with Gasteiger partial charge in [0, 0.05) is 19.0 Å². The van der Waals surface area contributed by atoms with E-state index >= 15 is 0 Å². The van der Waals surface area contributed by atoms with Gasteiger partial charge in [-0.15, -0.1) is 6.58 Å². The van der Waals surface area contributed by atoms with Crippen LogP contribution in [0.3, 0.4) is 0 Å². The molecule has 0 aromatic heterocycles. The first-order chi connectivity index (χ1) is 23.5. The number of sulfone groups is 1. The molecular weight excluding hydrogens is 675 g/mol. The van der Waals surface area contributed by atoms with E-state index in [0.717, 1.165) is 32.1 Å². The SMILES string of the molecule is C=CCNC(=O)C(=O)C(CC1CC1)NC(=O)[C@@H]1[C@H]2CC(C)(C)O[C@H]2CN1C(=O)[C@@H](NC(=O)NC1(CS(=O)(=O)C(C)(C)C)CCCCC1)C(C)(C)C. The molecule has 4 fully saturated rings. The van der Waals surface area contributed by atoms with Crippen molar-refractivity contribution in [1.29, 1.82) is 0 Å². The fourth-order valence-electron chi connectivity index (χ4n) is 7.76. The highest BCUT2D eigenvalue weighted by molar-refractivity contribution is 7.92. The van der Waals surface area contributed by atoms with Crippen molar-refractivity contribution in [3.63, 3.8) is 0 Å². The van der Waals surface area contributed by atoms with Crippen LogP contribution in [0.5, 0.6) is 0 Å². The Bertz CT molecular complexity index is 1470. The molecule has 2 aliphatic heterocycles. The third-order valence-electron chi connectivity index (χ3n) is 10.9. The first kappa shape index (κ1) is 40.8. The molecule has 2 aliphatic carbocycles. The molecule has 0 radical (unpaired) electrons. The zero-order valence-electron chi connectivity index (χ0n) is 31.9. The summed E-state index contributed by atoms with van der Waals surface area (Å²) >= 11 is 0. The van der Waals surface area contributed by atoms with E-state index in [1.807, 2.05) is 34.6 Å². The van der Waals surface area contributed by atoms with Gasteiger partial charge in [-0.3, -0.25) is 19.2 Å². The van der Waals surface area contributed by atoms with Gasteiger partial charge in [-0.1, -0.05) is 59.0 Å². The van der Waals surface area contributed by atoms with Crippen LogP contribution in [0, 0.1) is 17.3 Å². The molecule has 0 aromatic carbocycles. The average molecular weight is 736 g/mol. The number of fused-ring (bicyclic) bond motifs is 1. The molecule has 1 unspecified atom stereocenters. The maximum atomic E-state index is 14.6. The molecule has 0 spiro atoms. The zero-order valence-corrected chi connectivity index (χ0v) is 32.7. The molecule has 288 valence electrons. The van der Waals surface area contributed by atoms with E-state index in [4.69, 9.17) is 4.74 Å². The van der Waals surface area contributed by atoms with Gasteiger partial charge in [0.05, 0.1) is 33.8 Å². The van der Waals surface area contributed by atoms with Crippen molar-refractivity contribution in [2.45, 2.75) is 153 Å². The van der Waals surface area contributed by atoms with Gasteiger partial charge in [0.15, 0.2) is 9.84 Å². The van der Waals surface area contributed by atoms with Crippen molar-refractivity contribution >= 4 is 39.4 Å². The van der Waals surface area contributed by atoms with Gasteiger partial charge in [-0.25, -0.2) is 13.2 Å². The van der Waals surface area contributed by atoms with E-state index in [1.54, 1.807) is 20.8 Å². The van der Waals surface area contributed by atoms with Gasteiger partial charge in [-0.2, -0.15) is 0 Å². The number of carbonyl (C=O) groups is 5. The van der Waals surface area contributed by atoms with Gasteiger partial charge in [0.1, 0.15) is 12.1 Å². The van der Waals surface area contributed by atoms with Crippen LogP contribution in [0.2, 0.25) is 0 Å². The number of rotatable bonds is 13. The monoisotopic (exact) mass is 735 g/mol. The summed E-state index contributed by atoms with van der Waals surface area (Å²) in [5.74, 6) is -2.95. The average Bonchev–Trinajstić information content (AvgIpc) is 3.68. The molecule has 2 saturated heterocycles. The Hall–Kier alpha value is -3.00. The van der Waals surface area contributed by atoms with Gasteiger partial charge in [0.2, 0.25) is 17.6 Å². The van der Waals surface area contributed by atoms with Crippen LogP contribution >= 0.6 is 0 Å². The lowest BCUT2D eigenvalue weighted by Gasteiger charge is -2.41. The standard InChI is InChI=1S/C37H61N5O8S/c1-10-18-38-31(45)28(43)25(19-23-14-15-23)39-30(44)27-24-20-36(8,9)50-26(24)21-42(27)32(46)29(34(2,3)4)40-33(47)41-37(16-12-11-13-17-37)22-51(48,49)35(5,6)7/h10,23-27,29H,1,11-22H2,2-9H3,(H,38,45)(H,39,44)(H2,40,41,47)/t24-,25?,26-,27-,29+/m0/s1. The Morgan fingerprint density at radius 3 is 2.16 bits per heavy atom. The van der Waals surface area contributed by atoms with E-state index in [2.05, 4.69) is 27.8 Å². The second kappa shape index (κ2) is 15.2. The van der Waals surface area contributed by atoms with Crippen LogP contribution in [0.25, 0.3) is 0 Å². The number of hydrogen-bond acceptors (Lipinski definition) is 8. The molecule has 14 heteroatoms.